The van der Waals surface area contributed by atoms with Gasteiger partial charge in [-0.05, 0) is 24.6 Å². The van der Waals surface area contributed by atoms with Gasteiger partial charge in [0.05, 0.1) is 17.7 Å². The van der Waals surface area contributed by atoms with Crippen molar-refractivity contribution >= 4 is 0 Å². The molecule has 0 heterocycles. The first-order valence-electron chi connectivity index (χ1n) is 4.92. The summed E-state index contributed by atoms with van der Waals surface area (Å²) in [5.41, 5.74) is 4.68. The number of nitrogens with two attached hydrogens (primary N) is 1. The molecule has 1 aromatic carbocycles. The van der Waals surface area contributed by atoms with Gasteiger partial charge in [0.1, 0.15) is 5.82 Å². The molecule has 0 aliphatic carbocycles. The highest BCUT2D eigenvalue weighted by Crippen LogP contribution is 2.32. The van der Waals surface area contributed by atoms with Crippen LogP contribution in [0.2, 0.25) is 0 Å². The number of benzene rings is 1. The first kappa shape index (κ1) is 13.9. The van der Waals surface area contributed by atoms with Crippen molar-refractivity contribution < 1.29 is 22.3 Å². The number of hydrogen-bond donors (Lipinski definition) is 1. The Kier molecular flexibility index (Phi) is 4.11. The highest BCUT2D eigenvalue weighted by atomic mass is 19.4. The summed E-state index contributed by atoms with van der Waals surface area (Å²) in [4.78, 5) is 0. The molecule has 1 aromatic rings. The number of halogens is 4. The number of methoxy groups -OCH3 is 1. The van der Waals surface area contributed by atoms with Crippen molar-refractivity contribution in [1.82, 2.24) is 0 Å². The van der Waals surface area contributed by atoms with Crippen molar-refractivity contribution in [2.75, 3.05) is 7.11 Å². The van der Waals surface area contributed by atoms with Gasteiger partial charge in [0.15, 0.2) is 0 Å². The Morgan fingerprint density at radius 2 is 1.88 bits per heavy atom. The van der Waals surface area contributed by atoms with E-state index in [4.69, 9.17) is 10.5 Å². The second kappa shape index (κ2) is 5.01. The Balaban J connectivity index is 3.05. The zero-order chi connectivity index (χ0) is 13.2. The van der Waals surface area contributed by atoms with E-state index in [1.165, 1.54) is 7.11 Å². The van der Waals surface area contributed by atoms with Crippen molar-refractivity contribution in [1.29, 1.82) is 0 Å². The SMILES string of the molecule is COC(C)C(N)c1ccc(C(F)(F)F)c(F)c1. The Hall–Kier alpha value is -1.14. The van der Waals surface area contributed by atoms with Gasteiger partial charge < -0.3 is 10.5 Å². The number of hydrogen-bond acceptors (Lipinski definition) is 2. The van der Waals surface area contributed by atoms with Crippen LogP contribution in [0.15, 0.2) is 18.2 Å². The summed E-state index contributed by atoms with van der Waals surface area (Å²) in [5.74, 6) is -1.33. The molecule has 0 aliphatic rings. The van der Waals surface area contributed by atoms with Gasteiger partial charge in [-0.2, -0.15) is 13.2 Å². The van der Waals surface area contributed by atoms with E-state index in [1.54, 1.807) is 6.92 Å². The lowest BCUT2D eigenvalue weighted by atomic mass is 10.0. The fourth-order valence-electron chi connectivity index (χ4n) is 1.39. The van der Waals surface area contributed by atoms with Crippen LogP contribution in [-0.4, -0.2) is 13.2 Å². The predicted octanol–water partition coefficient (Wildman–Crippen LogP) is 2.88. The van der Waals surface area contributed by atoms with Crippen molar-refractivity contribution in [3.8, 4) is 0 Å². The van der Waals surface area contributed by atoms with E-state index in [1.807, 2.05) is 0 Å². The molecular formula is C11H13F4NO. The number of rotatable bonds is 3. The zero-order valence-electron chi connectivity index (χ0n) is 9.38. The molecule has 0 aromatic heterocycles. The second-order valence-electron chi connectivity index (χ2n) is 3.70. The maximum Gasteiger partial charge on any atom is 0.419 e. The van der Waals surface area contributed by atoms with Gasteiger partial charge in [0.2, 0.25) is 0 Å². The molecule has 2 N–H and O–H groups in total. The average Bonchev–Trinajstić information content (AvgIpc) is 2.25. The summed E-state index contributed by atoms with van der Waals surface area (Å²) in [6.07, 6.45) is -5.11. The van der Waals surface area contributed by atoms with E-state index in [-0.39, 0.29) is 5.56 Å². The fourth-order valence-corrected chi connectivity index (χ4v) is 1.39. The average molecular weight is 251 g/mol. The normalized spacial score (nSPS) is 15.7. The highest BCUT2D eigenvalue weighted by Gasteiger charge is 2.34. The Bertz CT molecular complexity index is 392. The maximum atomic E-state index is 13.3. The summed E-state index contributed by atoms with van der Waals surface area (Å²) in [5, 5.41) is 0. The van der Waals surface area contributed by atoms with Gasteiger partial charge in [-0.3, -0.25) is 0 Å². The van der Waals surface area contributed by atoms with Gasteiger partial charge in [0, 0.05) is 7.11 Å². The fraction of sp³-hybridized carbons (Fsp3) is 0.455. The summed E-state index contributed by atoms with van der Waals surface area (Å²) in [6.45, 7) is 1.65. The quantitative estimate of drug-likeness (QED) is 0.838. The summed E-state index contributed by atoms with van der Waals surface area (Å²) < 4.78 is 55.1. The van der Waals surface area contributed by atoms with Crippen LogP contribution in [0.4, 0.5) is 17.6 Å². The number of alkyl halides is 3. The largest absolute Gasteiger partial charge is 0.419 e. The first-order valence-corrected chi connectivity index (χ1v) is 4.92. The monoisotopic (exact) mass is 251 g/mol. The molecule has 0 bridgehead atoms. The summed E-state index contributed by atoms with van der Waals surface area (Å²) >= 11 is 0. The van der Waals surface area contributed by atoms with Crippen molar-refractivity contribution in [2.45, 2.75) is 25.2 Å². The summed E-state index contributed by atoms with van der Waals surface area (Å²) in [7, 11) is 1.42. The van der Waals surface area contributed by atoms with Gasteiger partial charge in [-0.1, -0.05) is 6.07 Å². The lowest BCUT2D eigenvalue weighted by Crippen LogP contribution is -2.25. The molecule has 0 saturated carbocycles. The number of ether oxygens (including phenoxy) is 1. The molecular weight excluding hydrogens is 238 g/mol. The molecule has 0 spiro atoms. The molecule has 0 fully saturated rings. The van der Waals surface area contributed by atoms with Crippen LogP contribution in [-0.2, 0) is 10.9 Å². The van der Waals surface area contributed by atoms with Crippen LogP contribution in [0.3, 0.4) is 0 Å². The Labute approximate surface area is 96.4 Å². The maximum absolute atomic E-state index is 13.3. The Morgan fingerprint density at radius 3 is 2.29 bits per heavy atom. The first-order chi connectivity index (χ1) is 7.77. The van der Waals surface area contributed by atoms with E-state index >= 15 is 0 Å². The highest BCUT2D eigenvalue weighted by molar-refractivity contribution is 5.28. The molecule has 0 saturated heterocycles. The minimum Gasteiger partial charge on any atom is -0.380 e. The van der Waals surface area contributed by atoms with Gasteiger partial charge in [-0.15, -0.1) is 0 Å². The second-order valence-corrected chi connectivity index (χ2v) is 3.70. The van der Waals surface area contributed by atoms with E-state index in [0.717, 1.165) is 12.1 Å². The van der Waals surface area contributed by atoms with E-state index in [0.29, 0.717) is 6.07 Å². The third-order valence-corrected chi connectivity index (χ3v) is 2.56. The van der Waals surface area contributed by atoms with Crippen LogP contribution in [0.5, 0.6) is 0 Å². The molecule has 6 heteroatoms. The van der Waals surface area contributed by atoms with Crippen LogP contribution in [0.1, 0.15) is 24.1 Å². The van der Waals surface area contributed by atoms with Crippen LogP contribution >= 0.6 is 0 Å². The van der Waals surface area contributed by atoms with E-state index in [9.17, 15) is 17.6 Å². The molecule has 2 atom stereocenters. The standard InChI is InChI=1S/C11H13F4NO/c1-6(17-2)10(16)7-3-4-8(9(12)5-7)11(13,14)15/h3-6,10H,16H2,1-2H3. The molecule has 17 heavy (non-hydrogen) atoms. The zero-order valence-corrected chi connectivity index (χ0v) is 9.38. The molecule has 1 rings (SSSR count). The molecule has 2 unspecified atom stereocenters. The Morgan fingerprint density at radius 1 is 1.29 bits per heavy atom. The lowest BCUT2D eigenvalue weighted by molar-refractivity contribution is -0.140. The minimum absolute atomic E-state index is 0.268. The van der Waals surface area contributed by atoms with E-state index < -0.39 is 29.7 Å². The lowest BCUT2D eigenvalue weighted by Gasteiger charge is -2.19. The van der Waals surface area contributed by atoms with Gasteiger partial charge >= 0.3 is 6.18 Å². The van der Waals surface area contributed by atoms with Crippen molar-refractivity contribution in [2.24, 2.45) is 5.73 Å². The third kappa shape index (κ3) is 3.17. The molecule has 0 amide bonds. The topological polar surface area (TPSA) is 35.2 Å². The molecule has 0 aliphatic heterocycles. The molecule has 2 nitrogen and oxygen atoms in total. The molecule has 96 valence electrons. The van der Waals surface area contributed by atoms with Crippen molar-refractivity contribution in [3.63, 3.8) is 0 Å². The summed E-state index contributed by atoms with van der Waals surface area (Å²) in [6, 6.07) is 1.97. The van der Waals surface area contributed by atoms with E-state index in [2.05, 4.69) is 0 Å². The molecule has 0 radical (unpaired) electrons. The van der Waals surface area contributed by atoms with Crippen LogP contribution < -0.4 is 5.73 Å². The van der Waals surface area contributed by atoms with Gasteiger partial charge in [0.25, 0.3) is 0 Å². The smallest absolute Gasteiger partial charge is 0.380 e. The predicted molar refractivity (Wildman–Crippen MR) is 54.8 cm³/mol. The minimum atomic E-state index is -4.69. The van der Waals surface area contributed by atoms with Crippen LogP contribution in [0, 0.1) is 5.82 Å². The van der Waals surface area contributed by atoms with Gasteiger partial charge in [-0.25, -0.2) is 4.39 Å². The third-order valence-electron chi connectivity index (χ3n) is 2.56. The van der Waals surface area contributed by atoms with Crippen LogP contribution in [0.25, 0.3) is 0 Å². The van der Waals surface area contributed by atoms with Crippen molar-refractivity contribution in [3.05, 3.63) is 35.1 Å².